The summed E-state index contributed by atoms with van der Waals surface area (Å²) >= 11 is 1.14. The summed E-state index contributed by atoms with van der Waals surface area (Å²) in [5.41, 5.74) is 1.68. The molecule has 1 heterocycles. The van der Waals surface area contributed by atoms with Gasteiger partial charge in [-0.1, -0.05) is 12.1 Å². The van der Waals surface area contributed by atoms with Crippen LogP contribution >= 0.6 is 11.3 Å². The van der Waals surface area contributed by atoms with Crippen LogP contribution < -0.4 is 19.5 Å². The Morgan fingerprint density at radius 1 is 1.07 bits per heavy atom. The van der Waals surface area contributed by atoms with Crippen LogP contribution in [0.4, 0.5) is 5.69 Å². The predicted molar refractivity (Wildman–Crippen MR) is 117 cm³/mol. The smallest absolute Gasteiger partial charge is 0.271 e. The van der Waals surface area contributed by atoms with E-state index in [4.69, 9.17) is 9.47 Å². The van der Waals surface area contributed by atoms with E-state index in [-0.39, 0.29) is 10.1 Å². The molecule has 9 heteroatoms. The van der Waals surface area contributed by atoms with Crippen molar-refractivity contribution in [3.05, 3.63) is 71.1 Å². The monoisotopic (exact) mass is 446 g/mol. The standard InChI is InChI=1S/C21H22N2O5S2/c1-3-28-19-13-15(6-11-18(19)27-2)14-22-21(24)16-7-9-17(10-8-16)23-30(25,26)20-5-4-12-29-20/h4-13,23H,3,14H2,1-2H3,(H,22,24). The number of hydrogen-bond acceptors (Lipinski definition) is 6. The van der Waals surface area contributed by atoms with Gasteiger partial charge >= 0.3 is 0 Å². The summed E-state index contributed by atoms with van der Waals surface area (Å²) in [7, 11) is -2.05. The zero-order valence-corrected chi connectivity index (χ0v) is 18.2. The molecule has 0 spiro atoms. The summed E-state index contributed by atoms with van der Waals surface area (Å²) in [6, 6.07) is 14.9. The molecule has 0 unspecified atom stereocenters. The fourth-order valence-electron chi connectivity index (χ4n) is 2.70. The number of sulfonamides is 1. The molecule has 1 aromatic heterocycles. The second kappa shape index (κ2) is 9.64. The van der Waals surface area contributed by atoms with Crippen LogP contribution in [0, 0.1) is 0 Å². The number of amides is 1. The fraction of sp³-hybridized carbons (Fsp3) is 0.190. The Balaban J connectivity index is 1.62. The van der Waals surface area contributed by atoms with Crippen molar-refractivity contribution in [1.29, 1.82) is 0 Å². The summed E-state index contributed by atoms with van der Waals surface area (Å²) in [5, 5.41) is 4.54. The number of methoxy groups -OCH3 is 1. The van der Waals surface area contributed by atoms with Gasteiger partial charge in [-0.3, -0.25) is 9.52 Å². The van der Waals surface area contributed by atoms with E-state index in [1.165, 1.54) is 6.07 Å². The van der Waals surface area contributed by atoms with Gasteiger partial charge in [0.05, 0.1) is 13.7 Å². The fourth-order valence-corrected chi connectivity index (χ4v) is 4.75. The third-order valence-corrected chi connectivity index (χ3v) is 6.92. The molecule has 0 saturated heterocycles. The third-order valence-electron chi connectivity index (χ3n) is 4.14. The molecule has 0 aliphatic heterocycles. The van der Waals surface area contributed by atoms with E-state index in [0.717, 1.165) is 16.9 Å². The van der Waals surface area contributed by atoms with Crippen molar-refractivity contribution in [2.75, 3.05) is 18.4 Å². The number of rotatable bonds is 9. The van der Waals surface area contributed by atoms with Crippen LogP contribution in [0.5, 0.6) is 11.5 Å². The summed E-state index contributed by atoms with van der Waals surface area (Å²) in [6.45, 7) is 2.71. The highest BCUT2D eigenvalue weighted by Crippen LogP contribution is 2.28. The van der Waals surface area contributed by atoms with Crippen molar-refractivity contribution in [3.63, 3.8) is 0 Å². The number of nitrogens with one attached hydrogen (secondary N) is 2. The Kier molecular flexibility index (Phi) is 6.96. The summed E-state index contributed by atoms with van der Waals surface area (Å²) in [5.74, 6) is 0.984. The van der Waals surface area contributed by atoms with Crippen molar-refractivity contribution < 1.29 is 22.7 Å². The van der Waals surface area contributed by atoms with Crippen molar-refractivity contribution >= 4 is 33.0 Å². The van der Waals surface area contributed by atoms with E-state index in [1.807, 2.05) is 19.1 Å². The van der Waals surface area contributed by atoms with E-state index >= 15 is 0 Å². The normalized spacial score (nSPS) is 11.0. The maximum Gasteiger partial charge on any atom is 0.271 e. The van der Waals surface area contributed by atoms with Gasteiger partial charge in [-0.15, -0.1) is 11.3 Å². The van der Waals surface area contributed by atoms with Gasteiger partial charge in [-0.05, 0) is 60.3 Å². The minimum atomic E-state index is -3.62. The van der Waals surface area contributed by atoms with Crippen molar-refractivity contribution in [3.8, 4) is 11.5 Å². The lowest BCUT2D eigenvalue weighted by atomic mass is 10.1. The highest BCUT2D eigenvalue weighted by molar-refractivity contribution is 7.94. The Morgan fingerprint density at radius 2 is 1.83 bits per heavy atom. The summed E-state index contributed by atoms with van der Waals surface area (Å²) in [6.07, 6.45) is 0. The molecule has 0 saturated carbocycles. The van der Waals surface area contributed by atoms with Crippen molar-refractivity contribution in [1.82, 2.24) is 5.32 Å². The highest BCUT2D eigenvalue weighted by atomic mass is 32.2. The third kappa shape index (κ3) is 5.31. The van der Waals surface area contributed by atoms with E-state index in [2.05, 4.69) is 10.0 Å². The molecule has 0 fully saturated rings. The second-order valence-electron chi connectivity index (χ2n) is 6.22. The lowest BCUT2D eigenvalue weighted by Gasteiger charge is -2.12. The number of benzene rings is 2. The first-order chi connectivity index (χ1) is 14.4. The molecule has 30 heavy (non-hydrogen) atoms. The average Bonchev–Trinajstić information content (AvgIpc) is 3.29. The minimum absolute atomic E-state index is 0.232. The molecule has 2 aromatic carbocycles. The van der Waals surface area contributed by atoms with Gasteiger partial charge in [0.1, 0.15) is 4.21 Å². The summed E-state index contributed by atoms with van der Waals surface area (Å²) < 4.78 is 38.1. The van der Waals surface area contributed by atoms with Crippen molar-refractivity contribution in [2.24, 2.45) is 0 Å². The molecule has 0 aliphatic rings. The molecule has 0 radical (unpaired) electrons. The largest absolute Gasteiger partial charge is 0.493 e. The Labute approximate surface area is 179 Å². The molecule has 3 aromatic rings. The first-order valence-corrected chi connectivity index (χ1v) is 11.5. The molecular formula is C21H22N2O5S2. The van der Waals surface area contributed by atoms with Gasteiger partial charge < -0.3 is 14.8 Å². The van der Waals surface area contributed by atoms with Gasteiger partial charge in [0, 0.05) is 17.8 Å². The van der Waals surface area contributed by atoms with Gasteiger partial charge in [-0.25, -0.2) is 8.42 Å². The molecule has 158 valence electrons. The maximum atomic E-state index is 12.4. The van der Waals surface area contributed by atoms with Crippen LogP contribution in [0.2, 0.25) is 0 Å². The number of thiophene rings is 1. The van der Waals surface area contributed by atoms with Crippen LogP contribution in [0.25, 0.3) is 0 Å². The van der Waals surface area contributed by atoms with Crippen LogP contribution in [0.15, 0.2) is 64.2 Å². The number of ether oxygens (including phenoxy) is 2. The van der Waals surface area contributed by atoms with Gasteiger partial charge in [0.15, 0.2) is 11.5 Å². The molecule has 3 rings (SSSR count). The summed E-state index contributed by atoms with van der Waals surface area (Å²) in [4.78, 5) is 12.4. The van der Waals surface area contributed by atoms with Gasteiger partial charge in [0.2, 0.25) is 0 Å². The minimum Gasteiger partial charge on any atom is -0.493 e. The molecule has 0 aliphatic carbocycles. The molecule has 2 N–H and O–H groups in total. The lowest BCUT2D eigenvalue weighted by molar-refractivity contribution is 0.0951. The van der Waals surface area contributed by atoms with E-state index in [9.17, 15) is 13.2 Å². The van der Waals surface area contributed by atoms with Crippen LogP contribution in [0.3, 0.4) is 0 Å². The van der Waals surface area contributed by atoms with Crippen LogP contribution in [-0.2, 0) is 16.6 Å². The zero-order chi connectivity index (χ0) is 21.6. The average molecular weight is 447 g/mol. The number of anilines is 1. The first-order valence-electron chi connectivity index (χ1n) is 9.17. The first kappa shape index (κ1) is 21.7. The molecule has 0 bridgehead atoms. The number of hydrogen-bond donors (Lipinski definition) is 2. The van der Waals surface area contributed by atoms with E-state index in [0.29, 0.717) is 35.9 Å². The van der Waals surface area contributed by atoms with Crippen LogP contribution in [0.1, 0.15) is 22.8 Å². The SMILES string of the molecule is CCOc1cc(CNC(=O)c2ccc(NS(=O)(=O)c3cccs3)cc2)ccc1OC. The van der Waals surface area contributed by atoms with E-state index < -0.39 is 10.0 Å². The predicted octanol–water partition coefficient (Wildman–Crippen LogP) is 3.89. The van der Waals surface area contributed by atoms with Crippen molar-refractivity contribution in [2.45, 2.75) is 17.7 Å². The maximum absolute atomic E-state index is 12.4. The zero-order valence-electron chi connectivity index (χ0n) is 16.5. The molecule has 1 amide bonds. The quantitative estimate of drug-likeness (QED) is 0.520. The second-order valence-corrected chi connectivity index (χ2v) is 9.07. The Hall–Kier alpha value is -3.04. The van der Waals surface area contributed by atoms with Crippen LogP contribution in [-0.4, -0.2) is 28.0 Å². The topological polar surface area (TPSA) is 93.7 Å². The van der Waals surface area contributed by atoms with E-state index in [1.54, 1.807) is 48.9 Å². The molecule has 7 nitrogen and oxygen atoms in total. The Bertz CT molecular complexity index is 1090. The van der Waals surface area contributed by atoms with Gasteiger partial charge in [0.25, 0.3) is 15.9 Å². The molecule has 0 atom stereocenters. The lowest BCUT2D eigenvalue weighted by Crippen LogP contribution is -2.22. The van der Waals surface area contributed by atoms with Gasteiger partial charge in [-0.2, -0.15) is 0 Å². The number of carbonyl (C=O) groups is 1. The highest BCUT2D eigenvalue weighted by Gasteiger charge is 2.15. The number of carbonyl (C=O) groups excluding carboxylic acids is 1. The molecular weight excluding hydrogens is 424 g/mol. The Morgan fingerprint density at radius 3 is 2.47 bits per heavy atom.